The summed E-state index contributed by atoms with van der Waals surface area (Å²) < 4.78 is 18.5. The lowest BCUT2D eigenvalue weighted by Crippen LogP contribution is -1.98. The molecule has 0 radical (unpaired) electrons. The van der Waals surface area contributed by atoms with E-state index in [-0.39, 0.29) is 5.82 Å². The van der Waals surface area contributed by atoms with Gasteiger partial charge in [-0.3, -0.25) is 4.98 Å². The zero-order valence-corrected chi connectivity index (χ0v) is 9.89. The Morgan fingerprint density at radius 1 is 1.50 bits per heavy atom. The van der Waals surface area contributed by atoms with Gasteiger partial charge >= 0.3 is 5.97 Å². The molecule has 0 aliphatic heterocycles. The van der Waals surface area contributed by atoms with Crippen molar-refractivity contribution < 1.29 is 13.9 Å². The fourth-order valence-corrected chi connectivity index (χ4v) is 1.63. The molecule has 1 aromatic heterocycles. The first-order valence-electron chi connectivity index (χ1n) is 5.59. The van der Waals surface area contributed by atoms with Crippen LogP contribution < -0.4 is 0 Å². The highest BCUT2D eigenvalue weighted by Crippen LogP contribution is 2.19. The molecule has 0 aliphatic rings. The predicted octanol–water partition coefficient (Wildman–Crippen LogP) is 2.95. The molecule has 0 atom stereocenters. The topological polar surface area (TPSA) is 39.2 Å². The zero-order valence-electron chi connectivity index (χ0n) is 9.89. The van der Waals surface area contributed by atoms with Gasteiger partial charge in [0.2, 0.25) is 0 Å². The van der Waals surface area contributed by atoms with E-state index >= 15 is 0 Å². The molecule has 0 N–H and O–H groups in total. The predicted molar refractivity (Wildman–Crippen MR) is 67.4 cm³/mol. The minimum atomic E-state index is -0.437. The Bertz CT molecular complexity index is 608. The van der Waals surface area contributed by atoms with Crippen molar-refractivity contribution >= 4 is 22.8 Å². The van der Waals surface area contributed by atoms with Gasteiger partial charge in [0.15, 0.2) is 0 Å². The van der Waals surface area contributed by atoms with Gasteiger partial charge in [-0.25, -0.2) is 9.18 Å². The second-order valence-corrected chi connectivity index (χ2v) is 3.68. The number of pyridine rings is 1. The molecule has 3 nitrogen and oxygen atoms in total. The lowest BCUT2D eigenvalue weighted by atomic mass is 10.1. The standard InChI is InChI=1S/C14H12FNO2/c1-2-18-14(17)4-3-10-7-11-5-6-16-9-12(11)13(15)8-10/h3-9H,2H2,1H3/b4-3+. The van der Waals surface area contributed by atoms with Crippen molar-refractivity contribution in [2.45, 2.75) is 6.92 Å². The van der Waals surface area contributed by atoms with Crippen molar-refractivity contribution in [2.75, 3.05) is 6.61 Å². The number of ether oxygens (including phenoxy) is 1. The van der Waals surface area contributed by atoms with Gasteiger partial charge in [-0.2, -0.15) is 0 Å². The molecule has 0 amide bonds. The van der Waals surface area contributed by atoms with E-state index in [9.17, 15) is 9.18 Å². The number of nitrogens with zero attached hydrogens (tertiary/aromatic N) is 1. The molecular formula is C14H12FNO2. The molecule has 0 saturated heterocycles. The molecule has 4 heteroatoms. The molecule has 2 rings (SSSR count). The molecule has 0 aliphatic carbocycles. The number of carbonyl (C=O) groups is 1. The molecule has 0 unspecified atom stereocenters. The fraction of sp³-hybridized carbons (Fsp3) is 0.143. The number of carbonyl (C=O) groups excluding carboxylic acids is 1. The summed E-state index contributed by atoms with van der Waals surface area (Å²) in [6.07, 6.45) is 5.89. The first-order valence-corrected chi connectivity index (χ1v) is 5.59. The molecule has 0 saturated carbocycles. The second-order valence-electron chi connectivity index (χ2n) is 3.68. The number of rotatable bonds is 3. The van der Waals surface area contributed by atoms with Crippen molar-refractivity contribution in [1.82, 2.24) is 4.98 Å². The highest BCUT2D eigenvalue weighted by molar-refractivity contribution is 5.89. The Balaban J connectivity index is 2.32. The Labute approximate surface area is 104 Å². The summed E-state index contributed by atoms with van der Waals surface area (Å²) in [6.45, 7) is 2.05. The summed E-state index contributed by atoms with van der Waals surface area (Å²) in [4.78, 5) is 15.0. The van der Waals surface area contributed by atoms with Crippen molar-refractivity contribution in [3.8, 4) is 0 Å². The fourth-order valence-electron chi connectivity index (χ4n) is 1.63. The minimum absolute atomic E-state index is 0.320. The molecule has 2 aromatic rings. The van der Waals surface area contributed by atoms with Gasteiger partial charge in [-0.15, -0.1) is 0 Å². The van der Waals surface area contributed by atoms with Gasteiger partial charge in [0.25, 0.3) is 0 Å². The highest BCUT2D eigenvalue weighted by atomic mass is 19.1. The highest BCUT2D eigenvalue weighted by Gasteiger charge is 2.02. The molecule has 0 spiro atoms. The average molecular weight is 245 g/mol. The van der Waals surface area contributed by atoms with Crippen LogP contribution in [0.3, 0.4) is 0 Å². The lowest BCUT2D eigenvalue weighted by Gasteiger charge is -2.01. The van der Waals surface area contributed by atoms with Gasteiger partial charge in [0.05, 0.1) is 6.61 Å². The van der Waals surface area contributed by atoms with Crippen LogP contribution in [0.5, 0.6) is 0 Å². The van der Waals surface area contributed by atoms with Gasteiger partial charge in [0, 0.05) is 23.9 Å². The maximum absolute atomic E-state index is 13.7. The van der Waals surface area contributed by atoms with Crippen molar-refractivity contribution in [3.63, 3.8) is 0 Å². The van der Waals surface area contributed by atoms with E-state index in [1.165, 1.54) is 24.4 Å². The summed E-state index contributed by atoms with van der Waals surface area (Å²) in [5.74, 6) is -0.795. The van der Waals surface area contributed by atoms with E-state index < -0.39 is 5.97 Å². The Hall–Kier alpha value is -2.23. The van der Waals surface area contributed by atoms with E-state index in [2.05, 4.69) is 4.98 Å². The van der Waals surface area contributed by atoms with E-state index in [1.807, 2.05) is 0 Å². The summed E-state index contributed by atoms with van der Waals surface area (Å²) in [6, 6.07) is 4.87. The number of benzene rings is 1. The number of aromatic nitrogens is 1. The maximum Gasteiger partial charge on any atom is 0.330 e. The zero-order chi connectivity index (χ0) is 13.0. The van der Waals surface area contributed by atoms with Gasteiger partial charge < -0.3 is 4.74 Å². The van der Waals surface area contributed by atoms with Crippen molar-refractivity contribution in [3.05, 3.63) is 48.0 Å². The normalized spacial score (nSPS) is 11.0. The number of halogens is 1. The molecule has 0 bridgehead atoms. The van der Waals surface area contributed by atoms with Gasteiger partial charge in [0.1, 0.15) is 5.82 Å². The van der Waals surface area contributed by atoms with Crippen LogP contribution in [0.1, 0.15) is 12.5 Å². The van der Waals surface area contributed by atoms with Crippen LogP contribution >= 0.6 is 0 Å². The molecule has 92 valence electrons. The molecule has 0 fully saturated rings. The lowest BCUT2D eigenvalue weighted by molar-refractivity contribution is -0.137. The monoisotopic (exact) mass is 245 g/mol. The van der Waals surface area contributed by atoms with Crippen molar-refractivity contribution in [2.24, 2.45) is 0 Å². The first-order chi connectivity index (χ1) is 8.70. The van der Waals surface area contributed by atoms with Crippen LogP contribution in [-0.4, -0.2) is 17.6 Å². The van der Waals surface area contributed by atoms with Gasteiger partial charge in [-0.1, -0.05) is 0 Å². The van der Waals surface area contributed by atoms with Crippen LogP contribution in [0.4, 0.5) is 4.39 Å². The summed E-state index contributed by atoms with van der Waals surface area (Å²) in [5.41, 5.74) is 0.610. The minimum Gasteiger partial charge on any atom is -0.463 e. The van der Waals surface area contributed by atoms with Crippen LogP contribution in [0.15, 0.2) is 36.7 Å². The van der Waals surface area contributed by atoms with E-state index in [4.69, 9.17) is 4.74 Å². The van der Waals surface area contributed by atoms with Crippen LogP contribution in [0, 0.1) is 5.82 Å². The summed E-state index contributed by atoms with van der Waals surface area (Å²) in [7, 11) is 0. The molecule has 1 heterocycles. The molecule has 1 aromatic carbocycles. The quantitative estimate of drug-likeness (QED) is 0.616. The average Bonchev–Trinajstić information content (AvgIpc) is 2.37. The first kappa shape index (κ1) is 12.2. The Kier molecular flexibility index (Phi) is 3.67. The van der Waals surface area contributed by atoms with E-state index in [1.54, 1.807) is 25.3 Å². The largest absolute Gasteiger partial charge is 0.463 e. The number of hydrogen-bond acceptors (Lipinski definition) is 3. The van der Waals surface area contributed by atoms with Gasteiger partial charge in [-0.05, 0) is 42.1 Å². The van der Waals surface area contributed by atoms with Crippen molar-refractivity contribution in [1.29, 1.82) is 0 Å². The maximum atomic E-state index is 13.7. The Morgan fingerprint density at radius 3 is 3.11 bits per heavy atom. The number of esters is 1. The van der Waals surface area contributed by atoms with Crippen LogP contribution in [0.25, 0.3) is 16.8 Å². The Morgan fingerprint density at radius 2 is 2.33 bits per heavy atom. The van der Waals surface area contributed by atoms with Crippen LogP contribution in [-0.2, 0) is 9.53 Å². The number of fused-ring (bicyclic) bond motifs is 1. The summed E-state index contributed by atoms with van der Waals surface area (Å²) in [5, 5.41) is 1.21. The third kappa shape index (κ3) is 2.71. The van der Waals surface area contributed by atoms with E-state index in [0.717, 1.165) is 5.39 Å². The third-order valence-corrected chi connectivity index (χ3v) is 2.43. The summed E-state index contributed by atoms with van der Waals surface area (Å²) >= 11 is 0. The SMILES string of the molecule is CCOC(=O)/C=C/c1cc(F)c2cnccc2c1. The third-order valence-electron chi connectivity index (χ3n) is 2.43. The molecular weight excluding hydrogens is 233 g/mol. The smallest absolute Gasteiger partial charge is 0.330 e. The van der Waals surface area contributed by atoms with Crippen LogP contribution in [0.2, 0.25) is 0 Å². The second kappa shape index (κ2) is 5.40. The van der Waals surface area contributed by atoms with E-state index in [0.29, 0.717) is 17.6 Å². The molecule has 18 heavy (non-hydrogen) atoms. The number of hydrogen-bond donors (Lipinski definition) is 0.